The lowest BCUT2D eigenvalue weighted by molar-refractivity contribution is 0.0672. The number of rotatable bonds is 2. The van der Waals surface area contributed by atoms with Gasteiger partial charge in [0.05, 0.1) is 23.2 Å². The number of halogens is 3. The number of nitrogens with zero attached hydrogens (tertiary/aromatic N) is 1. The summed E-state index contributed by atoms with van der Waals surface area (Å²) in [5, 5.41) is 8.76. The van der Waals surface area contributed by atoms with E-state index in [1.807, 2.05) is 0 Å². The van der Waals surface area contributed by atoms with Crippen LogP contribution in [0.4, 0.5) is 8.78 Å². The molecule has 6 heteroatoms. The molecule has 1 N–H and O–H groups in total. The molecule has 0 radical (unpaired) electrons. The summed E-state index contributed by atoms with van der Waals surface area (Å²) in [6, 6.07) is 1.26. The van der Waals surface area contributed by atoms with Crippen molar-refractivity contribution in [2.24, 2.45) is 0 Å². The molecule has 0 bridgehead atoms. The number of hydrogen-bond acceptors (Lipinski definition) is 2. The highest BCUT2D eigenvalue weighted by molar-refractivity contribution is 6.30. The molecule has 2 rings (SSSR count). The van der Waals surface area contributed by atoms with Crippen LogP contribution >= 0.6 is 11.6 Å². The monoisotopic (exact) mass is 275 g/mol. The fourth-order valence-electron chi connectivity index (χ4n) is 2.13. The standard InChI is InChI=1S/C12H12ClF2NO2/c13-9-5-10(14)8(4-11(9)15)12(18)16-3-1-2-7(16)6-17/h4-5,7,17H,1-3,6H2/t7-/m1/s1. The Labute approximate surface area is 108 Å². The maximum absolute atomic E-state index is 13.6. The number of amides is 1. The van der Waals surface area contributed by atoms with Crippen LogP contribution in [0.2, 0.25) is 5.02 Å². The van der Waals surface area contributed by atoms with Gasteiger partial charge >= 0.3 is 0 Å². The van der Waals surface area contributed by atoms with Crippen molar-refractivity contribution in [1.29, 1.82) is 0 Å². The maximum atomic E-state index is 13.6. The minimum Gasteiger partial charge on any atom is -0.394 e. The topological polar surface area (TPSA) is 40.5 Å². The molecule has 1 aromatic carbocycles. The molecule has 0 saturated carbocycles. The molecule has 0 spiro atoms. The van der Waals surface area contributed by atoms with E-state index >= 15 is 0 Å². The van der Waals surface area contributed by atoms with Crippen LogP contribution in [0.1, 0.15) is 23.2 Å². The lowest BCUT2D eigenvalue weighted by Gasteiger charge is -2.23. The molecule has 1 amide bonds. The Morgan fingerprint density at radius 2 is 2.17 bits per heavy atom. The minimum atomic E-state index is -0.852. The van der Waals surface area contributed by atoms with Gasteiger partial charge in [0.15, 0.2) is 0 Å². The van der Waals surface area contributed by atoms with Crippen molar-refractivity contribution in [3.63, 3.8) is 0 Å². The highest BCUT2D eigenvalue weighted by Gasteiger charge is 2.30. The third-order valence-corrected chi connectivity index (χ3v) is 3.38. The molecule has 1 aromatic rings. The van der Waals surface area contributed by atoms with Gasteiger partial charge in [-0.05, 0) is 25.0 Å². The van der Waals surface area contributed by atoms with Gasteiger partial charge in [0, 0.05) is 6.54 Å². The van der Waals surface area contributed by atoms with Gasteiger partial charge in [0.1, 0.15) is 11.6 Å². The summed E-state index contributed by atoms with van der Waals surface area (Å²) in [6.45, 7) is 0.261. The lowest BCUT2D eigenvalue weighted by atomic mass is 10.1. The van der Waals surface area contributed by atoms with Gasteiger partial charge in [0.25, 0.3) is 5.91 Å². The maximum Gasteiger partial charge on any atom is 0.257 e. The number of aliphatic hydroxyl groups excluding tert-OH is 1. The van der Waals surface area contributed by atoms with Crippen LogP contribution in [0, 0.1) is 11.6 Å². The van der Waals surface area contributed by atoms with E-state index in [-0.39, 0.29) is 23.2 Å². The number of aliphatic hydroxyl groups is 1. The first kappa shape index (κ1) is 13.2. The Kier molecular flexibility index (Phi) is 3.82. The molecule has 1 saturated heterocycles. The molecule has 98 valence electrons. The van der Waals surface area contributed by atoms with E-state index in [1.165, 1.54) is 4.90 Å². The van der Waals surface area contributed by atoms with Gasteiger partial charge in [-0.25, -0.2) is 8.78 Å². The first-order valence-electron chi connectivity index (χ1n) is 5.61. The second-order valence-corrected chi connectivity index (χ2v) is 4.63. The van der Waals surface area contributed by atoms with Gasteiger partial charge in [0.2, 0.25) is 0 Å². The molecule has 0 aliphatic carbocycles. The molecule has 3 nitrogen and oxygen atoms in total. The molecular formula is C12H12ClF2NO2. The zero-order valence-electron chi connectivity index (χ0n) is 9.50. The van der Waals surface area contributed by atoms with Gasteiger partial charge < -0.3 is 10.0 Å². The second-order valence-electron chi connectivity index (χ2n) is 4.22. The van der Waals surface area contributed by atoms with Crippen molar-refractivity contribution in [1.82, 2.24) is 4.90 Å². The van der Waals surface area contributed by atoms with E-state index in [4.69, 9.17) is 16.7 Å². The van der Waals surface area contributed by atoms with Crippen molar-refractivity contribution >= 4 is 17.5 Å². The van der Waals surface area contributed by atoms with Crippen LogP contribution < -0.4 is 0 Å². The fraction of sp³-hybridized carbons (Fsp3) is 0.417. The van der Waals surface area contributed by atoms with Crippen molar-refractivity contribution in [3.8, 4) is 0 Å². The normalized spacial score (nSPS) is 19.3. The van der Waals surface area contributed by atoms with Gasteiger partial charge in [-0.1, -0.05) is 11.6 Å². The fourth-order valence-corrected chi connectivity index (χ4v) is 2.28. The first-order valence-corrected chi connectivity index (χ1v) is 5.98. The van der Waals surface area contributed by atoms with Gasteiger partial charge in [-0.15, -0.1) is 0 Å². The van der Waals surface area contributed by atoms with Crippen molar-refractivity contribution in [3.05, 3.63) is 34.4 Å². The summed E-state index contributed by atoms with van der Waals surface area (Å²) in [6.07, 6.45) is 1.41. The van der Waals surface area contributed by atoms with Gasteiger partial charge in [-0.2, -0.15) is 0 Å². The zero-order valence-corrected chi connectivity index (χ0v) is 10.3. The molecule has 0 unspecified atom stereocenters. The van der Waals surface area contributed by atoms with Crippen LogP contribution in [0.15, 0.2) is 12.1 Å². The molecule has 1 atom stereocenters. The molecule has 1 aliphatic heterocycles. The van der Waals surface area contributed by atoms with E-state index in [9.17, 15) is 13.6 Å². The van der Waals surface area contributed by atoms with Crippen LogP contribution in [-0.2, 0) is 0 Å². The Morgan fingerprint density at radius 3 is 2.83 bits per heavy atom. The van der Waals surface area contributed by atoms with Crippen molar-refractivity contribution in [2.75, 3.05) is 13.2 Å². The van der Waals surface area contributed by atoms with Crippen molar-refractivity contribution < 1.29 is 18.7 Å². The summed E-state index contributed by atoms with van der Waals surface area (Å²) >= 11 is 5.43. The molecular weight excluding hydrogens is 264 g/mol. The van der Waals surface area contributed by atoms with Crippen molar-refractivity contribution in [2.45, 2.75) is 18.9 Å². The number of likely N-dealkylation sites (tertiary alicyclic amines) is 1. The average Bonchev–Trinajstić information content (AvgIpc) is 2.81. The lowest BCUT2D eigenvalue weighted by Crippen LogP contribution is -2.38. The number of carbonyl (C=O) groups is 1. The second kappa shape index (κ2) is 5.20. The summed E-state index contributed by atoms with van der Waals surface area (Å²) in [7, 11) is 0. The SMILES string of the molecule is O=C(c1cc(F)c(Cl)cc1F)N1CCC[C@@H]1CO. The summed E-state index contributed by atoms with van der Waals surface area (Å²) in [4.78, 5) is 13.4. The van der Waals surface area contributed by atoms with E-state index in [0.717, 1.165) is 18.6 Å². The Bertz CT molecular complexity index is 481. The smallest absolute Gasteiger partial charge is 0.257 e. The number of benzene rings is 1. The van der Waals surface area contributed by atoms with Crippen LogP contribution in [-0.4, -0.2) is 35.1 Å². The predicted molar refractivity (Wildman–Crippen MR) is 62.5 cm³/mol. The zero-order chi connectivity index (χ0) is 13.3. The number of carbonyl (C=O) groups excluding carboxylic acids is 1. The third-order valence-electron chi connectivity index (χ3n) is 3.09. The third kappa shape index (κ3) is 2.33. The average molecular weight is 276 g/mol. The summed E-state index contributed by atoms with van der Waals surface area (Å²) in [5.74, 6) is -2.30. The van der Waals surface area contributed by atoms with Crippen LogP contribution in [0.3, 0.4) is 0 Å². The predicted octanol–water partition coefficient (Wildman–Crippen LogP) is 2.22. The van der Waals surface area contributed by atoms with E-state index < -0.39 is 17.5 Å². The largest absolute Gasteiger partial charge is 0.394 e. The number of hydrogen-bond donors (Lipinski definition) is 1. The molecule has 1 aliphatic rings. The van der Waals surface area contributed by atoms with E-state index in [2.05, 4.69) is 0 Å². The Morgan fingerprint density at radius 1 is 1.44 bits per heavy atom. The molecule has 1 heterocycles. The highest BCUT2D eigenvalue weighted by Crippen LogP contribution is 2.24. The van der Waals surface area contributed by atoms with E-state index in [1.54, 1.807) is 0 Å². The van der Waals surface area contributed by atoms with Crippen LogP contribution in [0.25, 0.3) is 0 Å². The van der Waals surface area contributed by atoms with Crippen LogP contribution in [0.5, 0.6) is 0 Å². The first-order chi connectivity index (χ1) is 8.54. The molecule has 1 fully saturated rings. The molecule has 18 heavy (non-hydrogen) atoms. The minimum absolute atomic E-state index is 0.177. The summed E-state index contributed by atoms with van der Waals surface area (Å²) < 4.78 is 26.9. The molecule has 0 aromatic heterocycles. The van der Waals surface area contributed by atoms with Gasteiger partial charge in [-0.3, -0.25) is 4.79 Å². The highest BCUT2D eigenvalue weighted by atomic mass is 35.5. The van der Waals surface area contributed by atoms with E-state index in [0.29, 0.717) is 13.0 Å². The Hall–Kier alpha value is -1.20. The Balaban J connectivity index is 2.31. The summed E-state index contributed by atoms with van der Waals surface area (Å²) in [5.41, 5.74) is -0.350. The quantitative estimate of drug-likeness (QED) is 0.841.